The van der Waals surface area contributed by atoms with E-state index in [-0.39, 0.29) is 5.91 Å². The van der Waals surface area contributed by atoms with Crippen molar-refractivity contribution in [1.29, 1.82) is 0 Å². The summed E-state index contributed by atoms with van der Waals surface area (Å²) in [6, 6.07) is 5.02. The van der Waals surface area contributed by atoms with Crippen molar-refractivity contribution in [3.63, 3.8) is 0 Å². The molecule has 0 saturated carbocycles. The summed E-state index contributed by atoms with van der Waals surface area (Å²) in [4.78, 5) is 15.7. The lowest BCUT2D eigenvalue weighted by Crippen LogP contribution is -3.14. The zero-order chi connectivity index (χ0) is 13.8. The van der Waals surface area contributed by atoms with Crippen molar-refractivity contribution in [3.05, 3.63) is 46.5 Å². The molecule has 1 aliphatic heterocycles. The Morgan fingerprint density at radius 3 is 2.58 bits per heavy atom. The molecule has 0 aliphatic carbocycles. The molecule has 1 heterocycles. The summed E-state index contributed by atoms with van der Waals surface area (Å²) in [7, 11) is 0. The van der Waals surface area contributed by atoms with Gasteiger partial charge in [-0.05, 0) is 24.3 Å². The molecular weight excluding hydrogens is 283 g/mol. The summed E-state index contributed by atoms with van der Waals surface area (Å²) in [6.45, 7) is 8.15. The maximum atomic E-state index is 12.3. The minimum Gasteiger partial charge on any atom is -0.329 e. The first kappa shape index (κ1) is 14.4. The Morgan fingerprint density at radius 2 is 2.00 bits per heavy atom. The second kappa shape index (κ2) is 6.42. The van der Waals surface area contributed by atoms with Crippen molar-refractivity contribution in [2.45, 2.75) is 0 Å². The lowest BCUT2D eigenvalue weighted by molar-refractivity contribution is -0.898. The second-order valence-corrected chi connectivity index (χ2v) is 5.48. The molecule has 2 rings (SSSR count). The Balaban J connectivity index is 2.01. The number of benzene rings is 1. The highest BCUT2D eigenvalue weighted by atomic mass is 35.5. The maximum absolute atomic E-state index is 12.3. The highest BCUT2D eigenvalue weighted by Gasteiger charge is 2.24. The van der Waals surface area contributed by atoms with Gasteiger partial charge in [-0.3, -0.25) is 4.79 Å². The number of hydrogen-bond donors (Lipinski definition) is 1. The fourth-order valence-electron chi connectivity index (χ4n) is 2.25. The summed E-state index contributed by atoms with van der Waals surface area (Å²) in [6.07, 6.45) is 1.92. The fraction of sp³-hybridized carbons (Fsp3) is 0.357. The number of nitrogens with zero attached hydrogens (tertiary/aromatic N) is 1. The van der Waals surface area contributed by atoms with Gasteiger partial charge >= 0.3 is 0 Å². The first-order valence-corrected chi connectivity index (χ1v) is 7.06. The average Bonchev–Trinajstić information content (AvgIpc) is 2.42. The van der Waals surface area contributed by atoms with Crippen molar-refractivity contribution in [2.24, 2.45) is 0 Å². The van der Waals surface area contributed by atoms with E-state index >= 15 is 0 Å². The lowest BCUT2D eigenvalue weighted by atomic mass is 10.2. The van der Waals surface area contributed by atoms with Crippen LogP contribution in [-0.4, -0.2) is 43.5 Å². The van der Waals surface area contributed by atoms with Crippen molar-refractivity contribution < 1.29 is 9.69 Å². The van der Waals surface area contributed by atoms with Crippen LogP contribution in [0.4, 0.5) is 0 Å². The Morgan fingerprint density at radius 1 is 1.32 bits per heavy atom. The smallest absolute Gasteiger partial charge is 0.254 e. The van der Waals surface area contributed by atoms with Gasteiger partial charge in [0.1, 0.15) is 0 Å². The maximum Gasteiger partial charge on any atom is 0.254 e. The van der Waals surface area contributed by atoms with Crippen molar-refractivity contribution in [3.8, 4) is 0 Å². The molecule has 1 aliphatic rings. The molecule has 0 bridgehead atoms. The van der Waals surface area contributed by atoms with Crippen molar-refractivity contribution >= 4 is 29.1 Å². The number of piperazine rings is 1. The van der Waals surface area contributed by atoms with Crippen molar-refractivity contribution in [1.82, 2.24) is 4.90 Å². The minimum atomic E-state index is 0.0243. The van der Waals surface area contributed by atoms with Gasteiger partial charge in [0, 0.05) is 5.56 Å². The predicted octanol–water partition coefficient (Wildman–Crippen LogP) is 1.52. The van der Waals surface area contributed by atoms with E-state index in [0.29, 0.717) is 15.6 Å². The van der Waals surface area contributed by atoms with Gasteiger partial charge in [0.05, 0.1) is 42.8 Å². The fourth-order valence-corrected chi connectivity index (χ4v) is 2.54. The number of amides is 1. The van der Waals surface area contributed by atoms with Crippen LogP contribution in [0.5, 0.6) is 0 Å². The standard InChI is InChI=1S/C14H16Cl2N2O/c1-2-5-17-6-8-18(9-7-17)14(19)11-3-4-12(15)13(16)10-11/h2-4,10H,1,5-9H2/p+1. The first-order valence-electron chi connectivity index (χ1n) is 6.30. The third-order valence-electron chi connectivity index (χ3n) is 3.36. The minimum absolute atomic E-state index is 0.0243. The van der Waals surface area contributed by atoms with Crippen LogP contribution in [0, 0.1) is 0 Å². The quantitative estimate of drug-likeness (QED) is 0.841. The second-order valence-electron chi connectivity index (χ2n) is 4.66. The summed E-state index contributed by atoms with van der Waals surface area (Å²) >= 11 is 11.8. The molecule has 1 N–H and O–H groups in total. The number of nitrogens with one attached hydrogen (secondary N) is 1. The number of carbonyl (C=O) groups excluding carboxylic acids is 1. The van der Waals surface area contributed by atoms with Crippen LogP contribution in [-0.2, 0) is 0 Å². The Bertz CT molecular complexity index is 482. The van der Waals surface area contributed by atoms with E-state index in [4.69, 9.17) is 23.2 Å². The predicted molar refractivity (Wildman–Crippen MR) is 78.1 cm³/mol. The van der Waals surface area contributed by atoms with Crippen molar-refractivity contribution in [2.75, 3.05) is 32.7 Å². The number of rotatable bonds is 3. The van der Waals surface area contributed by atoms with Gasteiger partial charge in [0.15, 0.2) is 0 Å². The largest absolute Gasteiger partial charge is 0.329 e. The highest BCUT2D eigenvalue weighted by Crippen LogP contribution is 2.23. The van der Waals surface area contributed by atoms with Gasteiger partial charge in [-0.25, -0.2) is 0 Å². The van der Waals surface area contributed by atoms with Gasteiger partial charge < -0.3 is 9.80 Å². The van der Waals surface area contributed by atoms with E-state index in [0.717, 1.165) is 32.7 Å². The van der Waals surface area contributed by atoms with Crippen LogP contribution in [0.2, 0.25) is 10.0 Å². The molecule has 1 saturated heterocycles. The molecule has 0 aromatic heterocycles. The van der Waals surface area contributed by atoms with E-state index in [1.54, 1.807) is 18.2 Å². The zero-order valence-electron chi connectivity index (χ0n) is 10.7. The van der Waals surface area contributed by atoms with Crippen LogP contribution < -0.4 is 4.90 Å². The monoisotopic (exact) mass is 299 g/mol. The SMILES string of the molecule is C=CC[NH+]1CCN(C(=O)c2ccc(Cl)c(Cl)c2)CC1. The van der Waals surface area contributed by atoms with Gasteiger partial charge in [-0.2, -0.15) is 0 Å². The molecule has 19 heavy (non-hydrogen) atoms. The number of carbonyl (C=O) groups is 1. The Kier molecular flexibility index (Phi) is 4.86. The van der Waals surface area contributed by atoms with E-state index in [2.05, 4.69) is 6.58 Å². The average molecular weight is 300 g/mol. The molecule has 3 nitrogen and oxygen atoms in total. The summed E-state index contributed by atoms with van der Waals surface area (Å²) in [5.74, 6) is 0.0243. The number of quaternary nitrogens is 1. The van der Waals surface area contributed by atoms with E-state index in [1.165, 1.54) is 4.90 Å². The molecule has 1 fully saturated rings. The zero-order valence-corrected chi connectivity index (χ0v) is 12.2. The van der Waals surface area contributed by atoms with E-state index in [1.807, 2.05) is 11.0 Å². The first-order chi connectivity index (χ1) is 9.11. The molecule has 0 atom stereocenters. The Hall–Kier alpha value is -1.03. The topological polar surface area (TPSA) is 24.8 Å². The molecule has 102 valence electrons. The molecule has 1 amide bonds. The molecule has 1 aromatic carbocycles. The van der Waals surface area contributed by atoms with Crippen LogP contribution in [0.25, 0.3) is 0 Å². The van der Waals surface area contributed by atoms with Gasteiger partial charge in [0.25, 0.3) is 5.91 Å². The normalized spacial score (nSPS) is 16.4. The van der Waals surface area contributed by atoms with E-state index in [9.17, 15) is 4.79 Å². The van der Waals surface area contributed by atoms with E-state index < -0.39 is 0 Å². The number of hydrogen-bond acceptors (Lipinski definition) is 1. The summed E-state index contributed by atoms with van der Waals surface area (Å²) in [5, 5.41) is 0.891. The summed E-state index contributed by atoms with van der Waals surface area (Å²) in [5.41, 5.74) is 0.599. The van der Waals surface area contributed by atoms with Gasteiger partial charge in [-0.15, -0.1) is 0 Å². The third-order valence-corrected chi connectivity index (χ3v) is 4.10. The van der Waals surface area contributed by atoms with Gasteiger partial charge in [-0.1, -0.05) is 29.8 Å². The van der Waals surface area contributed by atoms with Crippen LogP contribution >= 0.6 is 23.2 Å². The van der Waals surface area contributed by atoms with Gasteiger partial charge in [0.2, 0.25) is 0 Å². The highest BCUT2D eigenvalue weighted by molar-refractivity contribution is 6.42. The summed E-state index contributed by atoms with van der Waals surface area (Å²) < 4.78 is 0. The number of halogens is 2. The van der Waals surface area contributed by atoms with Crippen LogP contribution in [0.15, 0.2) is 30.9 Å². The van der Waals surface area contributed by atoms with Crippen LogP contribution in [0.3, 0.4) is 0 Å². The molecular formula is C14H17Cl2N2O+. The van der Waals surface area contributed by atoms with Crippen LogP contribution in [0.1, 0.15) is 10.4 Å². The molecule has 0 spiro atoms. The third kappa shape index (κ3) is 3.50. The molecule has 0 radical (unpaired) electrons. The lowest BCUT2D eigenvalue weighted by Gasteiger charge is -2.31. The molecule has 1 aromatic rings. The molecule has 5 heteroatoms. The molecule has 0 unspecified atom stereocenters. The Labute approximate surface area is 123 Å².